The molecule has 0 spiro atoms. The van der Waals surface area contributed by atoms with Crippen LogP contribution < -0.4 is 0 Å². The molecule has 7 heteroatoms. The van der Waals surface area contributed by atoms with Crippen LogP contribution in [0.3, 0.4) is 0 Å². The van der Waals surface area contributed by atoms with Gasteiger partial charge in [0.1, 0.15) is 12.4 Å². The van der Waals surface area contributed by atoms with Gasteiger partial charge in [-0.3, -0.25) is 9.59 Å². The molecule has 0 aliphatic carbocycles. The van der Waals surface area contributed by atoms with Crippen molar-refractivity contribution in [3.8, 4) is 0 Å². The summed E-state index contributed by atoms with van der Waals surface area (Å²) in [5.74, 6) is -1.52. The van der Waals surface area contributed by atoms with Crippen molar-refractivity contribution in [2.45, 2.75) is 6.92 Å². The largest absolute Gasteiger partial charge is 0.465 e. The van der Waals surface area contributed by atoms with Crippen molar-refractivity contribution in [2.75, 3.05) is 33.4 Å². The van der Waals surface area contributed by atoms with Gasteiger partial charge >= 0.3 is 5.97 Å². The molecular weight excluding hydrogens is 345 g/mol. The molecule has 0 saturated heterocycles. The maximum absolute atomic E-state index is 13.5. The summed E-state index contributed by atoms with van der Waals surface area (Å²) in [5, 5.41) is 0. The molecule has 1 aromatic rings. The Morgan fingerprint density at radius 3 is 2.71 bits per heavy atom. The number of rotatable bonds is 7. The van der Waals surface area contributed by atoms with Crippen molar-refractivity contribution in [1.29, 1.82) is 0 Å². The zero-order valence-corrected chi connectivity index (χ0v) is 13.5. The first-order valence-electron chi connectivity index (χ1n) is 6.39. The van der Waals surface area contributed by atoms with E-state index in [0.29, 0.717) is 0 Å². The number of carbonyl (C=O) groups excluding carboxylic acids is 2. The fraction of sp³-hybridized carbons (Fsp3) is 0.429. The molecule has 0 fully saturated rings. The van der Waals surface area contributed by atoms with Gasteiger partial charge in [0.2, 0.25) is 0 Å². The second kappa shape index (κ2) is 8.74. The molecule has 0 unspecified atom stereocenters. The first-order valence-corrected chi connectivity index (χ1v) is 7.18. The Hall–Kier alpha value is -1.47. The van der Waals surface area contributed by atoms with Gasteiger partial charge in [0.05, 0.1) is 23.2 Å². The summed E-state index contributed by atoms with van der Waals surface area (Å²) >= 11 is 3.04. The maximum atomic E-state index is 13.5. The molecule has 0 atom stereocenters. The van der Waals surface area contributed by atoms with Gasteiger partial charge in [0.25, 0.3) is 5.91 Å². The topological polar surface area (TPSA) is 55.8 Å². The van der Waals surface area contributed by atoms with Gasteiger partial charge < -0.3 is 14.4 Å². The number of esters is 1. The number of benzene rings is 1. The summed E-state index contributed by atoms with van der Waals surface area (Å²) in [6.07, 6.45) is 0. The lowest BCUT2D eigenvalue weighted by Crippen LogP contribution is -2.39. The number of carbonyl (C=O) groups is 2. The molecule has 0 N–H and O–H groups in total. The highest BCUT2D eigenvalue weighted by Gasteiger charge is 2.22. The van der Waals surface area contributed by atoms with Gasteiger partial charge in [-0.25, -0.2) is 4.39 Å². The first-order chi connectivity index (χ1) is 10.0. The number of halogens is 2. The van der Waals surface area contributed by atoms with Gasteiger partial charge in [-0.15, -0.1) is 0 Å². The average Bonchev–Trinajstić information content (AvgIpc) is 2.46. The molecule has 1 amide bonds. The van der Waals surface area contributed by atoms with E-state index in [-0.39, 0.29) is 36.3 Å². The smallest absolute Gasteiger partial charge is 0.325 e. The fourth-order valence-corrected chi connectivity index (χ4v) is 2.09. The minimum atomic E-state index is -0.538. The van der Waals surface area contributed by atoms with Gasteiger partial charge in [-0.05, 0) is 35.0 Å². The summed E-state index contributed by atoms with van der Waals surface area (Å²) in [6.45, 7) is 2.17. The minimum absolute atomic E-state index is 0.0706. The average molecular weight is 362 g/mol. The molecule has 0 bridgehead atoms. The molecule has 116 valence electrons. The van der Waals surface area contributed by atoms with Crippen molar-refractivity contribution >= 4 is 27.8 Å². The van der Waals surface area contributed by atoms with E-state index >= 15 is 0 Å². The highest BCUT2D eigenvalue weighted by Crippen LogP contribution is 2.21. The third-order valence-corrected chi connectivity index (χ3v) is 3.47. The highest BCUT2D eigenvalue weighted by molar-refractivity contribution is 9.10. The van der Waals surface area contributed by atoms with Crippen molar-refractivity contribution in [2.24, 2.45) is 0 Å². The third kappa shape index (κ3) is 5.09. The minimum Gasteiger partial charge on any atom is -0.465 e. The lowest BCUT2D eigenvalue weighted by Gasteiger charge is -2.22. The molecule has 5 nitrogen and oxygen atoms in total. The molecule has 0 aromatic heterocycles. The Bertz CT molecular complexity index is 510. The molecule has 0 aliphatic heterocycles. The second-order valence-electron chi connectivity index (χ2n) is 4.13. The van der Waals surface area contributed by atoms with Gasteiger partial charge in [0, 0.05) is 13.7 Å². The zero-order chi connectivity index (χ0) is 15.8. The molecule has 1 aromatic carbocycles. The number of ether oxygens (including phenoxy) is 2. The number of nitrogens with zero attached hydrogens (tertiary/aromatic N) is 1. The van der Waals surface area contributed by atoms with Crippen molar-refractivity contribution in [3.63, 3.8) is 0 Å². The Balaban J connectivity index is 2.93. The van der Waals surface area contributed by atoms with E-state index in [1.165, 1.54) is 30.2 Å². The quantitative estimate of drug-likeness (QED) is 0.699. The van der Waals surface area contributed by atoms with Gasteiger partial charge in [-0.1, -0.05) is 6.07 Å². The summed E-state index contributed by atoms with van der Waals surface area (Å²) in [7, 11) is 1.49. The second-order valence-corrected chi connectivity index (χ2v) is 4.92. The standard InChI is InChI=1S/C14H17BrFNO4/c1-3-21-12(18)9-17(7-8-20-2)14(19)10-5-4-6-11(16)13(10)15/h4-6H,3,7-9H2,1-2H3. The van der Waals surface area contributed by atoms with Crippen LogP contribution in [0.25, 0.3) is 0 Å². The van der Waals surface area contributed by atoms with E-state index in [1.807, 2.05) is 0 Å². The van der Waals surface area contributed by atoms with Crippen LogP contribution in [0.1, 0.15) is 17.3 Å². The molecule has 0 radical (unpaired) electrons. The molecule has 0 heterocycles. The van der Waals surface area contributed by atoms with Gasteiger partial charge in [0.15, 0.2) is 0 Å². The van der Waals surface area contributed by atoms with Crippen LogP contribution >= 0.6 is 15.9 Å². The van der Waals surface area contributed by atoms with E-state index in [0.717, 1.165) is 0 Å². The number of hydrogen-bond donors (Lipinski definition) is 0. The summed E-state index contributed by atoms with van der Waals surface area (Å²) < 4.78 is 23.3. The third-order valence-electron chi connectivity index (χ3n) is 2.66. The van der Waals surface area contributed by atoms with Crippen molar-refractivity contribution in [3.05, 3.63) is 34.1 Å². The SMILES string of the molecule is CCOC(=O)CN(CCOC)C(=O)c1cccc(F)c1Br. The number of hydrogen-bond acceptors (Lipinski definition) is 4. The van der Waals surface area contributed by atoms with Crippen LogP contribution in [0.2, 0.25) is 0 Å². The van der Waals surface area contributed by atoms with Crippen LogP contribution in [-0.4, -0.2) is 50.2 Å². The van der Waals surface area contributed by atoms with Gasteiger partial charge in [-0.2, -0.15) is 0 Å². The van der Waals surface area contributed by atoms with Crippen LogP contribution in [0.4, 0.5) is 4.39 Å². The van der Waals surface area contributed by atoms with Crippen molar-refractivity contribution in [1.82, 2.24) is 4.90 Å². The Kier molecular flexibility index (Phi) is 7.31. The van der Waals surface area contributed by atoms with E-state index in [2.05, 4.69) is 15.9 Å². The normalized spacial score (nSPS) is 10.3. The number of amides is 1. The maximum Gasteiger partial charge on any atom is 0.325 e. The van der Waals surface area contributed by atoms with Crippen molar-refractivity contribution < 1.29 is 23.5 Å². The molecule has 0 aliphatic rings. The monoisotopic (exact) mass is 361 g/mol. The Morgan fingerprint density at radius 1 is 1.38 bits per heavy atom. The lowest BCUT2D eigenvalue weighted by atomic mass is 10.2. The predicted octanol–water partition coefficient (Wildman–Crippen LogP) is 2.24. The zero-order valence-electron chi connectivity index (χ0n) is 11.9. The summed E-state index contributed by atoms with van der Waals surface area (Å²) in [4.78, 5) is 25.3. The highest BCUT2D eigenvalue weighted by atomic mass is 79.9. The lowest BCUT2D eigenvalue weighted by molar-refractivity contribution is -0.143. The van der Waals surface area contributed by atoms with E-state index in [4.69, 9.17) is 9.47 Å². The molecular formula is C14H17BrFNO4. The van der Waals surface area contributed by atoms with E-state index < -0.39 is 17.7 Å². The van der Waals surface area contributed by atoms with Crippen LogP contribution in [0, 0.1) is 5.82 Å². The van der Waals surface area contributed by atoms with Crippen LogP contribution in [0.5, 0.6) is 0 Å². The summed E-state index contributed by atoms with van der Waals surface area (Å²) in [5.41, 5.74) is 0.149. The first kappa shape index (κ1) is 17.6. The Morgan fingerprint density at radius 2 is 2.10 bits per heavy atom. The van der Waals surface area contributed by atoms with E-state index in [1.54, 1.807) is 6.92 Å². The van der Waals surface area contributed by atoms with Crippen LogP contribution in [0.15, 0.2) is 22.7 Å². The number of methoxy groups -OCH3 is 1. The fourth-order valence-electron chi connectivity index (χ4n) is 1.66. The predicted molar refractivity (Wildman–Crippen MR) is 78.5 cm³/mol. The molecule has 1 rings (SSSR count). The summed E-state index contributed by atoms with van der Waals surface area (Å²) in [6, 6.07) is 4.17. The van der Waals surface area contributed by atoms with E-state index in [9.17, 15) is 14.0 Å². The molecule has 0 saturated carbocycles. The molecule has 21 heavy (non-hydrogen) atoms. The Labute approximate surface area is 131 Å². The van der Waals surface area contributed by atoms with Crippen LogP contribution in [-0.2, 0) is 14.3 Å².